The molecule has 2 aromatic carbocycles. The molecule has 0 aliphatic carbocycles. The van der Waals surface area contributed by atoms with Crippen molar-refractivity contribution in [1.82, 2.24) is 14.9 Å². The number of rotatable bonds is 9. The molecule has 0 bridgehead atoms. The summed E-state index contributed by atoms with van der Waals surface area (Å²) >= 11 is 0. The number of oxazole rings is 1. The number of alkyl halides is 3. The molecule has 0 unspecified atom stereocenters. The van der Waals surface area contributed by atoms with Crippen LogP contribution in [0.3, 0.4) is 0 Å². The number of hydrogen-bond acceptors (Lipinski definition) is 9. The van der Waals surface area contributed by atoms with Gasteiger partial charge in [0, 0.05) is 51.9 Å². The summed E-state index contributed by atoms with van der Waals surface area (Å²) in [7, 11) is 1.30. The maximum Gasteiger partial charge on any atom is 0.437 e. The highest BCUT2D eigenvalue weighted by Gasteiger charge is 2.42. The fourth-order valence-corrected chi connectivity index (χ4v) is 6.37. The van der Waals surface area contributed by atoms with Gasteiger partial charge in [0.25, 0.3) is 6.01 Å². The molecule has 0 radical (unpaired) electrons. The molecule has 2 aliphatic heterocycles. The van der Waals surface area contributed by atoms with Gasteiger partial charge < -0.3 is 23.9 Å². The summed E-state index contributed by atoms with van der Waals surface area (Å²) < 4.78 is 52.3. The van der Waals surface area contributed by atoms with E-state index in [0.29, 0.717) is 67.7 Å². The lowest BCUT2D eigenvalue weighted by molar-refractivity contribution is -0.141. The normalized spacial score (nSPS) is 15.7. The van der Waals surface area contributed by atoms with Crippen molar-refractivity contribution in [2.24, 2.45) is 0 Å². The van der Waals surface area contributed by atoms with Gasteiger partial charge in [-0.3, -0.25) is 9.59 Å². The highest BCUT2D eigenvalue weighted by molar-refractivity contribution is 5.96. The number of methoxy groups -OCH3 is 1. The van der Waals surface area contributed by atoms with E-state index in [1.807, 2.05) is 35.2 Å². The van der Waals surface area contributed by atoms with Gasteiger partial charge in [0.05, 0.1) is 19.1 Å². The molecule has 2 aromatic heterocycles. The van der Waals surface area contributed by atoms with Gasteiger partial charge in [0.2, 0.25) is 17.5 Å². The molecule has 1 amide bonds. The predicted octanol–water partition coefficient (Wildman–Crippen LogP) is 5.58. The van der Waals surface area contributed by atoms with E-state index in [1.54, 1.807) is 46.2 Å². The fourth-order valence-electron chi connectivity index (χ4n) is 6.37. The van der Waals surface area contributed by atoms with Crippen LogP contribution in [0, 0.1) is 0 Å². The van der Waals surface area contributed by atoms with Gasteiger partial charge in [-0.05, 0) is 47.6 Å². The van der Waals surface area contributed by atoms with Gasteiger partial charge in [0.15, 0.2) is 5.69 Å². The largest absolute Gasteiger partial charge is 0.465 e. The average Bonchev–Trinajstić information content (AvgIpc) is 3.60. The van der Waals surface area contributed by atoms with Crippen LogP contribution >= 0.6 is 0 Å². The maximum atomic E-state index is 14.0. The number of carbonyl (C=O) groups is 3. The first-order valence-electron chi connectivity index (χ1n) is 16.2. The number of amides is 1. The van der Waals surface area contributed by atoms with Crippen LogP contribution in [-0.2, 0) is 28.5 Å². The number of aromatic nitrogens is 2. The molecule has 2 saturated heterocycles. The van der Waals surface area contributed by atoms with Gasteiger partial charge in [-0.25, -0.2) is 9.78 Å². The Morgan fingerprint density at radius 1 is 0.857 bits per heavy atom. The van der Waals surface area contributed by atoms with Gasteiger partial charge in [0.1, 0.15) is 5.82 Å². The van der Waals surface area contributed by atoms with Crippen molar-refractivity contribution in [2.45, 2.75) is 37.8 Å². The minimum atomic E-state index is -4.86. The van der Waals surface area contributed by atoms with Crippen molar-refractivity contribution < 1.29 is 36.7 Å². The van der Waals surface area contributed by atoms with E-state index >= 15 is 0 Å². The van der Waals surface area contributed by atoms with Crippen molar-refractivity contribution in [3.63, 3.8) is 0 Å². The zero-order valence-corrected chi connectivity index (χ0v) is 27.0. The first kappa shape index (κ1) is 33.7. The van der Waals surface area contributed by atoms with Crippen LogP contribution in [0.25, 0.3) is 0 Å². The summed E-state index contributed by atoms with van der Waals surface area (Å²) in [5, 5.41) is 0. The van der Waals surface area contributed by atoms with Gasteiger partial charge in [-0.15, -0.1) is 0 Å². The SMILES string of the molecule is COC(=O)c1ccccc1CC(=O)N1CCN(c2ccc(CC(=O)c3oc(N4CCC(c5ccccc5)CC4)nc3C(F)(F)F)cn2)CC1. The summed E-state index contributed by atoms with van der Waals surface area (Å²) in [5.74, 6) is -1.32. The predicted molar refractivity (Wildman–Crippen MR) is 175 cm³/mol. The number of anilines is 2. The molecule has 4 heterocycles. The van der Waals surface area contributed by atoms with Crippen LogP contribution in [0.4, 0.5) is 25.0 Å². The van der Waals surface area contributed by atoms with Gasteiger partial charge in [-0.2, -0.15) is 18.2 Å². The van der Waals surface area contributed by atoms with Crippen LogP contribution < -0.4 is 9.80 Å². The molecular formula is C36H36F3N5O5. The third kappa shape index (κ3) is 7.76. The van der Waals surface area contributed by atoms with Gasteiger partial charge >= 0.3 is 12.1 Å². The fraction of sp³-hybridized carbons (Fsp3) is 0.361. The van der Waals surface area contributed by atoms with E-state index in [2.05, 4.69) is 9.97 Å². The Morgan fingerprint density at radius 3 is 2.20 bits per heavy atom. The third-order valence-electron chi connectivity index (χ3n) is 9.07. The Bertz CT molecular complexity index is 1780. The van der Waals surface area contributed by atoms with Crippen molar-refractivity contribution >= 4 is 29.5 Å². The van der Waals surface area contributed by atoms with E-state index in [0.717, 1.165) is 12.8 Å². The molecule has 0 spiro atoms. The molecule has 2 fully saturated rings. The Labute approximate surface area is 281 Å². The number of nitrogens with zero attached hydrogens (tertiary/aromatic N) is 5. The topological polar surface area (TPSA) is 109 Å². The second kappa shape index (κ2) is 14.5. The lowest BCUT2D eigenvalue weighted by atomic mass is 9.90. The van der Waals surface area contributed by atoms with E-state index in [1.165, 1.54) is 18.9 Å². The van der Waals surface area contributed by atoms with Gasteiger partial charge in [-0.1, -0.05) is 54.6 Å². The molecule has 49 heavy (non-hydrogen) atoms. The zero-order valence-electron chi connectivity index (χ0n) is 27.0. The van der Waals surface area contributed by atoms with Crippen LogP contribution in [-0.4, -0.2) is 78.9 Å². The van der Waals surface area contributed by atoms with E-state index in [4.69, 9.17) is 9.15 Å². The average molecular weight is 676 g/mol. The quantitative estimate of drug-likeness (QED) is 0.166. The standard InChI is InChI=1S/C36H36F3N5O5/c1-48-34(47)28-10-6-5-9-27(28)22-31(46)43-19-17-42(18-20-43)30-12-11-24(23-40-30)21-29(45)32-33(36(37,38)39)41-35(49-32)44-15-13-26(14-16-44)25-7-3-2-4-8-25/h2-12,23,26H,13-22H2,1H3. The number of hydrogen-bond donors (Lipinski definition) is 0. The number of piperazine rings is 1. The zero-order chi connectivity index (χ0) is 34.5. The van der Waals surface area contributed by atoms with Crippen molar-refractivity contribution in [2.75, 3.05) is 56.2 Å². The molecule has 2 aliphatic rings. The minimum Gasteiger partial charge on any atom is -0.465 e. The maximum absolute atomic E-state index is 14.0. The Morgan fingerprint density at radius 2 is 1.55 bits per heavy atom. The number of esters is 1. The highest BCUT2D eigenvalue weighted by atomic mass is 19.4. The summed E-state index contributed by atoms with van der Waals surface area (Å²) in [6.07, 6.45) is -2.20. The number of ketones is 1. The number of halogens is 3. The number of carbonyl (C=O) groups excluding carboxylic acids is 3. The molecule has 4 aromatic rings. The second-order valence-corrected chi connectivity index (χ2v) is 12.2. The molecule has 6 rings (SSSR count). The Kier molecular flexibility index (Phi) is 9.97. The third-order valence-corrected chi connectivity index (χ3v) is 9.07. The molecule has 0 N–H and O–H groups in total. The smallest absolute Gasteiger partial charge is 0.437 e. The van der Waals surface area contributed by atoms with Crippen LogP contribution in [0.1, 0.15) is 62.1 Å². The van der Waals surface area contributed by atoms with Crippen LogP contribution in [0.2, 0.25) is 0 Å². The summed E-state index contributed by atoms with van der Waals surface area (Å²) in [6, 6.07) is 20.0. The molecular weight excluding hydrogens is 639 g/mol. The monoisotopic (exact) mass is 675 g/mol. The van der Waals surface area contributed by atoms with Crippen molar-refractivity contribution in [1.29, 1.82) is 0 Å². The number of piperidine rings is 1. The number of ether oxygens (including phenoxy) is 1. The minimum absolute atomic E-state index is 0.0712. The first-order chi connectivity index (χ1) is 23.6. The lowest BCUT2D eigenvalue weighted by Gasteiger charge is -2.35. The lowest BCUT2D eigenvalue weighted by Crippen LogP contribution is -2.49. The second-order valence-electron chi connectivity index (χ2n) is 12.2. The molecule has 0 saturated carbocycles. The van der Waals surface area contributed by atoms with Crippen molar-refractivity contribution in [3.05, 3.63) is 107 Å². The van der Waals surface area contributed by atoms with E-state index in [9.17, 15) is 27.6 Å². The molecule has 0 atom stereocenters. The van der Waals surface area contributed by atoms with Crippen molar-refractivity contribution in [3.8, 4) is 0 Å². The number of benzene rings is 2. The first-order valence-corrected chi connectivity index (χ1v) is 16.2. The summed E-state index contributed by atoms with van der Waals surface area (Å²) in [5.41, 5.74) is 1.26. The number of Topliss-reactive ketones (excluding diaryl/α,β-unsaturated/α-hetero) is 1. The van der Waals surface area contributed by atoms with E-state index < -0.39 is 29.4 Å². The molecule has 256 valence electrons. The van der Waals surface area contributed by atoms with Crippen LogP contribution in [0.5, 0.6) is 0 Å². The Balaban J connectivity index is 1.05. The van der Waals surface area contributed by atoms with E-state index in [-0.39, 0.29) is 24.8 Å². The summed E-state index contributed by atoms with van der Waals surface area (Å²) in [6.45, 7) is 2.82. The highest BCUT2D eigenvalue weighted by Crippen LogP contribution is 2.37. The Hall–Kier alpha value is -5.20. The molecule has 13 heteroatoms. The summed E-state index contributed by atoms with van der Waals surface area (Å²) in [4.78, 5) is 51.8. The molecule has 10 nitrogen and oxygen atoms in total. The van der Waals surface area contributed by atoms with Crippen LogP contribution in [0.15, 0.2) is 77.3 Å². The number of pyridine rings is 1.